The zero-order valence-corrected chi connectivity index (χ0v) is 13.3. The summed E-state index contributed by atoms with van der Waals surface area (Å²) in [6, 6.07) is 8.48. The molecule has 0 unspecified atom stereocenters. The number of hydrogen-bond donors (Lipinski definition) is 2. The number of carbonyl (C=O) groups is 1. The van der Waals surface area contributed by atoms with Crippen LogP contribution in [0.4, 0.5) is 11.5 Å². The van der Waals surface area contributed by atoms with E-state index < -0.39 is 0 Å². The summed E-state index contributed by atoms with van der Waals surface area (Å²) in [5.74, 6) is 0.188. The van der Waals surface area contributed by atoms with Crippen LogP contribution in [-0.4, -0.2) is 17.9 Å². The predicted octanol–water partition coefficient (Wildman–Crippen LogP) is 3.66. The second-order valence-corrected chi connectivity index (χ2v) is 5.32. The van der Waals surface area contributed by atoms with Gasteiger partial charge in [-0.1, -0.05) is 11.6 Å². The minimum Gasteiger partial charge on any atom is -0.373 e. The first-order valence-electron chi connectivity index (χ1n) is 5.89. The molecule has 1 aromatic heterocycles. The number of pyridine rings is 1. The van der Waals surface area contributed by atoms with Gasteiger partial charge in [-0.25, -0.2) is 4.98 Å². The van der Waals surface area contributed by atoms with Gasteiger partial charge in [-0.2, -0.15) is 5.26 Å². The molecule has 0 aliphatic rings. The number of amides is 1. The summed E-state index contributed by atoms with van der Waals surface area (Å²) < 4.78 is 0.619. The fourth-order valence-electron chi connectivity index (χ4n) is 1.63. The highest BCUT2D eigenvalue weighted by Crippen LogP contribution is 2.25. The van der Waals surface area contributed by atoms with Crippen molar-refractivity contribution in [2.24, 2.45) is 0 Å². The Balaban J connectivity index is 2.28. The van der Waals surface area contributed by atoms with Crippen LogP contribution >= 0.6 is 27.5 Å². The maximum atomic E-state index is 12.3. The Bertz CT molecular complexity index is 742. The second kappa shape index (κ2) is 6.57. The Labute approximate surface area is 135 Å². The SMILES string of the molecule is CNc1cc(C(=O)Nc2ccc(C#N)cc2Br)c(Cl)cn1. The van der Waals surface area contributed by atoms with Gasteiger partial charge in [-0.15, -0.1) is 0 Å². The van der Waals surface area contributed by atoms with Crippen molar-refractivity contribution < 1.29 is 4.79 Å². The van der Waals surface area contributed by atoms with E-state index in [-0.39, 0.29) is 10.9 Å². The van der Waals surface area contributed by atoms with E-state index in [0.717, 1.165) is 0 Å². The Hall–Kier alpha value is -2.10. The van der Waals surface area contributed by atoms with E-state index in [1.54, 1.807) is 31.3 Å². The fourth-order valence-corrected chi connectivity index (χ4v) is 2.29. The Morgan fingerprint density at radius 3 is 2.81 bits per heavy atom. The molecule has 1 amide bonds. The van der Waals surface area contributed by atoms with Crippen LogP contribution in [0.5, 0.6) is 0 Å². The maximum Gasteiger partial charge on any atom is 0.257 e. The zero-order chi connectivity index (χ0) is 15.4. The fraction of sp³-hybridized carbons (Fsp3) is 0.0714. The molecule has 106 valence electrons. The largest absolute Gasteiger partial charge is 0.373 e. The number of aromatic nitrogens is 1. The zero-order valence-electron chi connectivity index (χ0n) is 10.9. The molecule has 2 N–H and O–H groups in total. The third-order valence-corrected chi connectivity index (χ3v) is 3.66. The highest BCUT2D eigenvalue weighted by molar-refractivity contribution is 9.10. The molecule has 1 aromatic carbocycles. The first-order chi connectivity index (χ1) is 10.0. The van der Waals surface area contributed by atoms with Gasteiger partial charge in [-0.3, -0.25) is 4.79 Å². The van der Waals surface area contributed by atoms with E-state index in [4.69, 9.17) is 16.9 Å². The first kappa shape index (κ1) is 15.3. The van der Waals surface area contributed by atoms with Crippen molar-refractivity contribution in [1.29, 1.82) is 5.26 Å². The van der Waals surface area contributed by atoms with Crippen LogP contribution in [-0.2, 0) is 0 Å². The van der Waals surface area contributed by atoms with Crippen LogP contribution in [0.3, 0.4) is 0 Å². The molecule has 2 aromatic rings. The number of nitriles is 1. The van der Waals surface area contributed by atoms with Gasteiger partial charge in [0.2, 0.25) is 0 Å². The predicted molar refractivity (Wildman–Crippen MR) is 85.6 cm³/mol. The maximum absolute atomic E-state index is 12.3. The van der Waals surface area contributed by atoms with Crippen LogP contribution in [0.25, 0.3) is 0 Å². The molecule has 7 heteroatoms. The van der Waals surface area contributed by atoms with E-state index in [0.29, 0.717) is 27.1 Å². The van der Waals surface area contributed by atoms with Crippen LogP contribution < -0.4 is 10.6 Å². The third-order valence-electron chi connectivity index (χ3n) is 2.70. The summed E-state index contributed by atoms with van der Waals surface area (Å²) >= 11 is 9.31. The third kappa shape index (κ3) is 3.51. The number of rotatable bonds is 3. The highest BCUT2D eigenvalue weighted by Gasteiger charge is 2.13. The molecule has 0 fully saturated rings. The van der Waals surface area contributed by atoms with Crippen LogP contribution in [0, 0.1) is 11.3 Å². The van der Waals surface area contributed by atoms with Crippen molar-refractivity contribution in [2.75, 3.05) is 17.7 Å². The Morgan fingerprint density at radius 1 is 1.43 bits per heavy atom. The van der Waals surface area contributed by atoms with Crippen molar-refractivity contribution in [3.05, 3.63) is 51.1 Å². The van der Waals surface area contributed by atoms with Gasteiger partial charge in [0, 0.05) is 17.7 Å². The number of carbonyl (C=O) groups excluding carboxylic acids is 1. The topological polar surface area (TPSA) is 77.8 Å². The van der Waals surface area contributed by atoms with E-state index >= 15 is 0 Å². The summed E-state index contributed by atoms with van der Waals surface area (Å²) in [7, 11) is 1.70. The van der Waals surface area contributed by atoms with Gasteiger partial charge in [0.25, 0.3) is 5.91 Å². The number of nitrogens with one attached hydrogen (secondary N) is 2. The number of nitrogens with zero attached hydrogens (tertiary/aromatic N) is 2. The molecule has 0 bridgehead atoms. The summed E-state index contributed by atoms with van der Waals surface area (Å²) in [5.41, 5.74) is 1.37. The molecule has 1 heterocycles. The molecule has 0 saturated heterocycles. The van der Waals surface area contributed by atoms with Crippen molar-refractivity contribution in [3.8, 4) is 6.07 Å². The Kier molecular flexibility index (Phi) is 4.78. The summed E-state index contributed by atoms with van der Waals surface area (Å²) in [6.07, 6.45) is 1.41. The van der Waals surface area contributed by atoms with Crippen molar-refractivity contribution in [1.82, 2.24) is 4.98 Å². The van der Waals surface area contributed by atoms with Gasteiger partial charge in [0.1, 0.15) is 5.82 Å². The Morgan fingerprint density at radius 2 is 2.19 bits per heavy atom. The van der Waals surface area contributed by atoms with Crippen molar-refractivity contribution in [3.63, 3.8) is 0 Å². The van der Waals surface area contributed by atoms with E-state index in [1.807, 2.05) is 6.07 Å². The quantitative estimate of drug-likeness (QED) is 0.870. The molecule has 0 aliphatic carbocycles. The van der Waals surface area contributed by atoms with E-state index in [2.05, 4.69) is 31.5 Å². The summed E-state index contributed by atoms with van der Waals surface area (Å²) in [5, 5.41) is 14.7. The van der Waals surface area contributed by atoms with Gasteiger partial charge in [-0.05, 0) is 40.2 Å². The normalized spacial score (nSPS) is 9.81. The lowest BCUT2D eigenvalue weighted by atomic mass is 10.2. The lowest BCUT2D eigenvalue weighted by Gasteiger charge is -2.09. The minimum absolute atomic E-state index is 0.260. The van der Waals surface area contributed by atoms with Crippen LogP contribution in [0.2, 0.25) is 5.02 Å². The number of halogens is 2. The average Bonchev–Trinajstić information content (AvgIpc) is 2.49. The number of benzene rings is 1. The van der Waals surface area contributed by atoms with Crippen molar-refractivity contribution >= 4 is 44.9 Å². The first-order valence-corrected chi connectivity index (χ1v) is 7.06. The van der Waals surface area contributed by atoms with Gasteiger partial charge in [0.05, 0.1) is 27.9 Å². The molecular weight excluding hydrogens is 356 g/mol. The van der Waals surface area contributed by atoms with Crippen LogP contribution in [0.15, 0.2) is 34.9 Å². The van der Waals surface area contributed by atoms with Crippen molar-refractivity contribution in [2.45, 2.75) is 0 Å². The lowest BCUT2D eigenvalue weighted by Crippen LogP contribution is -2.13. The highest BCUT2D eigenvalue weighted by atomic mass is 79.9. The molecule has 2 rings (SSSR count). The molecule has 0 saturated carbocycles. The average molecular weight is 366 g/mol. The molecular formula is C14H10BrClN4O. The molecule has 0 aliphatic heterocycles. The lowest BCUT2D eigenvalue weighted by molar-refractivity contribution is 0.102. The monoisotopic (exact) mass is 364 g/mol. The molecule has 0 atom stereocenters. The molecule has 5 nitrogen and oxygen atoms in total. The standard InChI is InChI=1S/C14H10BrClN4O/c1-18-13-5-9(11(16)7-19-13)14(21)20-12-3-2-8(6-17)4-10(12)15/h2-5,7H,1H3,(H,18,19)(H,20,21). The van der Waals surface area contributed by atoms with Crippen LogP contribution in [0.1, 0.15) is 15.9 Å². The molecule has 0 radical (unpaired) electrons. The molecule has 21 heavy (non-hydrogen) atoms. The number of hydrogen-bond acceptors (Lipinski definition) is 4. The summed E-state index contributed by atoms with van der Waals surface area (Å²) in [4.78, 5) is 16.3. The summed E-state index contributed by atoms with van der Waals surface area (Å²) in [6.45, 7) is 0. The van der Waals surface area contributed by atoms with Gasteiger partial charge < -0.3 is 10.6 Å². The number of anilines is 2. The second-order valence-electron chi connectivity index (χ2n) is 4.06. The smallest absolute Gasteiger partial charge is 0.257 e. The van der Waals surface area contributed by atoms with E-state index in [9.17, 15) is 4.79 Å². The van der Waals surface area contributed by atoms with E-state index in [1.165, 1.54) is 6.20 Å². The van der Waals surface area contributed by atoms with Gasteiger partial charge in [0.15, 0.2) is 0 Å². The minimum atomic E-state index is -0.357. The molecule has 0 spiro atoms. The van der Waals surface area contributed by atoms with Gasteiger partial charge >= 0.3 is 0 Å².